The topological polar surface area (TPSA) is 128 Å². The summed E-state index contributed by atoms with van der Waals surface area (Å²) in [6, 6.07) is 4.37. The van der Waals surface area contributed by atoms with Crippen LogP contribution >= 0.6 is 11.8 Å². The fourth-order valence-electron chi connectivity index (χ4n) is 2.29. The number of aromatic carboxylic acids is 1. The number of fused-ring (bicyclic) bond motifs is 1. The lowest BCUT2D eigenvalue weighted by molar-refractivity contribution is -0.109. The van der Waals surface area contributed by atoms with E-state index in [9.17, 15) is 24.6 Å². The molecule has 0 saturated carbocycles. The largest absolute Gasteiger partial charge is 0.477 e. The predicted molar refractivity (Wildman–Crippen MR) is 90.3 cm³/mol. The van der Waals surface area contributed by atoms with Crippen LogP contribution in [0.15, 0.2) is 29.2 Å². The van der Waals surface area contributed by atoms with Gasteiger partial charge in [-0.05, 0) is 24.1 Å². The zero-order valence-corrected chi connectivity index (χ0v) is 13.7. The van der Waals surface area contributed by atoms with Gasteiger partial charge in [0.2, 0.25) is 5.43 Å². The molecule has 4 N–H and O–H groups in total. The third-order valence-corrected chi connectivity index (χ3v) is 4.41. The van der Waals surface area contributed by atoms with Crippen LogP contribution in [0, 0.1) is 0 Å². The lowest BCUT2D eigenvalue weighted by Crippen LogP contribution is -2.20. The van der Waals surface area contributed by atoms with Crippen LogP contribution in [0.25, 0.3) is 10.9 Å². The number of aromatic nitrogens is 1. The summed E-state index contributed by atoms with van der Waals surface area (Å²) in [6.45, 7) is 1.43. The molecule has 0 spiro atoms. The fraction of sp³-hybridized carbons (Fsp3) is 0.312. The summed E-state index contributed by atoms with van der Waals surface area (Å²) in [4.78, 5) is 36.6. The van der Waals surface area contributed by atoms with Gasteiger partial charge in [0.1, 0.15) is 11.7 Å². The Morgan fingerprint density at radius 2 is 2.00 bits per heavy atom. The molecule has 7 nitrogen and oxygen atoms in total. The molecule has 0 fully saturated rings. The van der Waals surface area contributed by atoms with Gasteiger partial charge in [-0.25, -0.2) is 4.79 Å². The number of rotatable bonds is 6. The number of hydrogen-bond acceptors (Lipinski definition) is 6. The number of pyridine rings is 1. The molecule has 0 aliphatic rings. The highest BCUT2D eigenvalue weighted by atomic mass is 32.2. The van der Waals surface area contributed by atoms with Crippen molar-refractivity contribution in [3.63, 3.8) is 0 Å². The smallest absolute Gasteiger partial charge is 0.341 e. The number of carboxylic acids is 1. The molecule has 1 heterocycles. The first-order chi connectivity index (χ1) is 11.3. The number of aliphatic hydroxyl groups is 2. The maximum atomic E-state index is 12.0. The highest BCUT2D eigenvalue weighted by Gasteiger charge is 2.20. The Bertz CT molecular complexity index is 831. The van der Waals surface area contributed by atoms with E-state index < -0.39 is 23.6 Å². The molecule has 128 valence electrons. The lowest BCUT2D eigenvalue weighted by atomic mass is 10.0. The van der Waals surface area contributed by atoms with Crippen LogP contribution < -0.4 is 5.43 Å². The third-order valence-electron chi connectivity index (χ3n) is 3.56. The van der Waals surface area contributed by atoms with Crippen LogP contribution in [0.1, 0.15) is 35.4 Å². The van der Waals surface area contributed by atoms with Crippen molar-refractivity contribution in [1.82, 2.24) is 4.98 Å². The summed E-state index contributed by atoms with van der Waals surface area (Å²) in [5.41, 5.74) is -0.221. The molecule has 2 aromatic rings. The highest BCUT2D eigenvalue weighted by Crippen LogP contribution is 2.23. The highest BCUT2D eigenvalue weighted by molar-refractivity contribution is 8.13. The number of thioether (sulfide) groups is 1. The minimum atomic E-state index is -1.32. The first-order valence-electron chi connectivity index (χ1n) is 7.19. The molecule has 2 atom stereocenters. The molecule has 0 aliphatic heterocycles. The number of H-pyrrole nitrogens is 1. The van der Waals surface area contributed by atoms with Crippen molar-refractivity contribution < 1.29 is 24.9 Å². The van der Waals surface area contributed by atoms with Crippen molar-refractivity contribution in [2.24, 2.45) is 0 Å². The van der Waals surface area contributed by atoms with Crippen LogP contribution in [0.3, 0.4) is 0 Å². The number of aliphatic hydroxyl groups excluding tert-OH is 2. The molecule has 2 rings (SSSR count). The summed E-state index contributed by atoms with van der Waals surface area (Å²) >= 11 is 1.07. The van der Waals surface area contributed by atoms with Gasteiger partial charge in [0.15, 0.2) is 5.12 Å². The van der Waals surface area contributed by atoms with E-state index in [1.54, 1.807) is 0 Å². The summed E-state index contributed by atoms with van der Waals surface area (Å²) in [7, 11) is 0. The molecule has 8 heteroatoms. The van der Waals surface area contributed by atoms with E-state index in [-0.39, 0.29) is 22.5 Å². The van der Waals surface area contributed by atoms with E-state index in [2.05, 4.69) is 4.98 Å². The second-order valence-corrected chi connectivity index (χ2v) is 6.55. The predicted octanol–water partition coefficient (Wildman–Crippen LogP) is 1.29. The number of carbonyl (C=O) groups excluding carboxylic acids is 1. The Balaban J connectivity index is 2.24. The normalized spacial score (nSPS) is 13.6. The number of carbonyl (C=O) groups is 2. The minimum absolute atomic E-state index is 0.0609. The molecular formula is C16H17NO6S. The Morgan fingerprint density at radius 1 is 1.29 bits per heavy atom. The molecule has 24 heavy (non-hydrogen) atoms. The zero-order chi connectivity index (χ0) is 17.9. The first-order valence-corrected chi connectivity index (χ1v) is 8.18. The Kier molecular flexibility index (Phi) is 5.76. The second-order valence-electron chi connectivity index (χ2n) is 5.28. The number of benzene rings is 1. The maximum Gasteiger partial charge on any atom is 0.341 e. The Hall–Kier alpha value is -2.16. The molecular weight excluding hydrogens is 334 g/mol. The van der Waals surface area contributed by atoms with Crippen LogP contribution in [0.4, 0.5) is 0 Å². The van der Waals surface area contributed by atoms with Gasteiger partial charge in [-0.1, -0.05) is 17.8 Å². The molecule has 1 aromatic carbocycles. The Morgan fingerprint density at radius 3 is 2.62 bits per heavy atom. The summed E-state index contributed by atoms with van der Waals surface area (Å²) in [6.07, 6.45) is -0.898. The van der Waals surface area contributed by atoms with E-state index in [1.807, 2.05) is 0 Å². The first kappa shape index (κ1) is 18.2. The molecule has 0 amide bonds. The average molecular weight is 351 g/mol. The molecule has 0 aliphatic carbocycles. The molecule has 0 bridgehead atoms. The van der Waals surface area contributed by atoms with Gasteiger partial charge in [-0.2, -0.15) is 0 Å². The number of aromatic amines is 1. The molecule has 2 unspecified atom stereocenters. The van der Waals surface area contributed by atoms with Crippen molar-refractivity contribution >= 4 is 33.7 Å². The van der Waals surface area contributed by atoms with Crippen molar-refractivity contribution in [3.05, 3.63) is 45.7 Å². The third kappa shape index (κ3) is 4.02. The van der Waals surface area contributed by atoms with Gasteiger partial charge in [-0.15, -0.1) is 0 Å². The number of nitrogens with one attached hydrogen (secondary N) is 1. The standard InChI is InChI=1S/C16H17NO6S/c1-8(18)24-5-4-13(19)14(20)9-2-3-10-12(6-9)17-7-11(15(10)21)16(22)23/h2-3,6-7,13-14,19-20H,4-5H2,1H3,(H,17,21)(H,22,23). The zero-order valence-electron chi connectivity index (χ0n) is 12.9. The summed E-state index contributed by atoms with van der Waals surface area (Å²) < 4.78 is 0. The van der Waals surface area contributed by atoms with Gasteiger partial charge in [0, 0.05) is 29.8 Å². The molecule has 0 radical (unpaired) electrons. The van der Waals surface area contributed by atoms with E-state index in [0.29, 0.717) is 16.8 Å². The summed E-state index contributed by atoms with van der Waals surface area (Å²) in [5.74, 6) is -0.930. The quantitative estimate of drug-likeness (QED) is 0.617. The monoisotopic (exact) mass is 351 g/mol. The summed E-state index contributed by atoms with van der Waals surface area (Å²) in [5, 5.41) is 29.3. The molecule has 1 aromatic heterocycles. The minimum Gasteiger partial charge on any atom is -0.477 e. The van der Waals surface area contributed by atoms with Crippen molar-refractivity contribution in [2.45, 2.75) is 25.6 Å². The van der Waals surface area contributed by atoms with Gasteiger partial charge in [0.25, 0.3) is 0 Å². The van der Waals surface area contributed by atoms with E-state index in [0.717, 1.165) is 18.0 Å². The van der Waals surface area contributed by atoms with E-state index in [4.69, 9.17) is 5.11 Å². The SMILES string of the molecule is CC(=O)SCCC(O)C(O)c1ccc2c(=O)c(C(=O)O)c[nH]c2c1. The number of carboxylic acid groups (broad SMARTS) is 1. The van der Waals surface area contributed by atoms with Crippen molar-refractivity contribution in [2.75, 3.05) is 5.75 Å². The van der Waals surface area contributed by atoms with Gasteiger partial charge >= 0.3 is 5.97 Å². The van der Waals surface area contributed by atoms with E-state index >= 15 is 0 Å². The van der Waals surface area contributed by atoms with Crippen LogP contribution in [-0.4, -0.2) is 43.2 Å². The fourth-order valence-corrected chi connectivity index (χ4v) is 2.93. The average Bonchev–Trinajstić information content (AvgIpc) is 2.53. The maximum absolute atomic E-state index is 12.0. The van der Waals surface area contributed by atoms with E-state index in [1.165, 1.54) is 25.1 Å². The lowest BCUT2D eigenvalue weighted by Gasteiger charge is -2.18. The van der Waals surface area contributed by atoms with Crippen LogP contribution in [0.2, 0.25) is 0 Å². The Labute approximate surface area is 141 Å². The molecule has 0 saturated heterocycles. The van der Waals surface area contributed by atoms with Crippen LogP contribution in [-0.2, 0) is 4.79 Å². The van der Waals surface area contributed by atoms with Gasteiger partial charge in [0.05, 0.1) is 6.10 Å². The van der Waals surface area contributed by atoms with Gasteiger partial charge in [-0.3, -0.25) is 9.59 Å². The van der Waals surface area contributed by atoms with Crippen molar-refractivity contribution in [1.29, 1.82) is 0 Å². The van der Waals surface area contributed by atoms with Crippen LogP contribution in [0.5, 0.6) is 0 Å². The number of hydrogen-bond donors (Lipinski definition) is 4. The van der Waals surface area contributed by atoms with Gasteiger partial charge < -0.3 is 20.3 Å². The second kappa shape index (κ2) is 7.61. The van der Waals surface area contributed by atoms with Crippen molar-refractivity contribution in [3.8, 4) is 0 Å².